The van der Waals surface area contributed by atoms with Crippen molar-refractivity contribution in [1.82, 2.24) is 25.1 Å². The first-order chi connectivity index (χ1) is 7.99. The van der Waals surface area contributed by atoms with Gasteiger partial charge in [0.15, 0.2) is 5.82 Å². The van der Waals surface area contributed by atoms with E-state index in [2.05, 4.69) is 25.1 Å². The number of aryl methyl sites for hydroxylation is 2. The molecule has 17 heavy (non-hydrogen) atoms. The minimum atomic E-state index is -0.233. The summed E-state index contributed by atoms with van der Waals surface area (Å²) < 4.78 is 0. The van der Waals surface area contributed by atoms with Crippen LogP contribution < -0.4 is 5.56 Å². The highest BCUT2D eigenvalue weighted by Crippen LogP contribution is 2.19. The summed E-state index contributed by atoms with van der Waals surface area (Å²) in [5.41, 5.74) is 1.65. The van der Waals surface area contributed by atoms with Crippen LogP contribution in [0.2, 0.25) is 0 Å². The number of aromatic nitrogens is 5. The molecule has 0 unspecified atom stereocenters. The average Bonchev–Trinajstić information content (AvgIpc) is 2.65. The zero-order valence-corrected chi connectivity index (χ0v) is 10.3. The molecule has 6 heteroatoms. The maximum absolute atomic E-state index is 11.5. The van der Waals surface area contributed by atoms with Gasteiger partial charge in [-0.05, 0) is 13.8 Å². The maximum atomic E-state index is 11.5. The summed E-state index contributed by atoms with van der Waals surface area (Å²) in [4.78, 5) is 21.7. The third-order valence-electron chi connectivity index (χ3n) is 2.53. The molecule has 0 aromatic carbocycles. The molecule has 0 atom stereocenters. The number of hydrogen-bond donors (Lipinski definition) is 2. The van der Waals surface area contributed by atoms with Crippen molar-refractivity contribution in [2.75, 3.05) is 0 Å². The quantitative estimate of drug-likeness (QED) is 0.818. The lowest BCUT2D eigenvalue weighted by atomic mass is 10.2. The average molecular weight is 233 g/mol. The molecule has 0 aliphatic heterocycles. The van der Waals surface area contributed by atoms with Crippen molar-refractivity contribution in [1.29, 1.82) is 0 Å². The zero-order chi connectivity index (χ0) is 12.6. The predicted molar refractivity (Wildman–Crippen MR) is 63.8 cm³/mol. The molecule has 6 nitrogen and oxygen atoms in total. The summed E-state index contributed by atoms with van der Waals surface area (Å²) in [5.74, 6) is 1.58. The van der Waals surface area contributed by atoms with E-state index in [1.807, 2.05) is 20.8 Å². The standard InChI is InChI=1S/C11H15N5O/c1-5(2)9-12-6(3)8(13-9)10-14-11(17)7(4)15-16-10/h5H,1-4H3,(H,12,13)(H,14,16,17). The van der Waals surface area contributed by atoms with Crippen molar-refractivity contribution in [2.45, 2.75) is 33.6 Å². The number of hydrogen-bond acceptors (Lipinski definition) is 4. The number of rotatable bonds is 2. The van der Waals surface area contributed by atoms with Crippen LogP contribution >= 0.6 is 0 Å². The number of aromatic amines is 2. The van der Waals surface area contributed by atoms with E-state index in [9.17, 15) is 4.79 Å². The third kappa shape index (κ3) is 2.11. The molecule has 0 amide bonds. The molecule has 0 saturated carbocycles. The highest BCUT2D eigenvalue weighted by Gasteiger charge is 2.13. The first kappa shape index (κ1) is 11.5. The van der Waals surface area contributed by atoms with Crippen LogP contribution in [0.5, 0.6) is 0 Å². The second kappa shape index (κ2) is 4.12. The molecule has 0 spiro atoms. The first-order valence-corrected chi connectivity index (χ1v) is 5.49. The van der Waals surface area contributed by atoms with Crippen LogP contribution in [0.1, 0.15) is 37.0 Å². The summed E-state index contributed by atoms with van der Waals surface area (Å²) in [7, 11) is 0. The highest BCUT2D eigenvalue weighted by atomic mass is 16.1. The predicted octanol–water partition coefficient (Wildman–Crippen LogP) is 1.30. The van der Waals surface area contributed by atoms with Crippen LogP contribution in [-0.2, 0) is 0 Å². The van der Waals surface area contributed by atoms with Gasteiger partial charge in [-0.1, -0.05) is 13.8 Å². The fourth-order valence-electron chi connectivity index (χ4n) is 1.49. The maximum Gasteiger partial charge on any atom is 0.272 e. The lowest BCUT2D eigenvalue weighted by molar-refractivity contribution is 0.791. The second-order valence-corrected chi connectivity index (χ2v) is 4.34. The molecule has 0 aliphatic carbocycles. The van der Waals surface area contributed by atoms with Gasteiger partial charge in [0.25, 0.3) is 5.56 Å². The topological polar surface area (TPSA) is 87.3 Å². The lowest BCUT2D eigenvalue weighted by Gasteiger charge is -1.97. The molecule has 2 rings (SSSR count). The van der Waals surface area contributed by atoms with Gasteiger partial charge in [-0.3, -0.25) is 4.79 Å². The van der Waals surface area contributed by atoms with E-state index in [1.54, 1.807) is 6.92 Å². The molecular weight excluding hydrogens is 218 g/mol. The molecule has 2 aromatic rings. The van der Waals surface area contributed by atoms with Gasteiger partial charge < -0.3 is 9.97 Å². The molecule has 0 bridgehead atoms. The van der Waals surface area contributed by atoms with Crippen LogP contribution in [-0.4, -0.2) is 25.1 Å². The minimum Gasteiger partial charge on any atom is -0.345 e. The fourth-order valence-corrected chi connectivity index (χ4v) is 1.49. The lowest BCUT2D eigenvalue weighted by Crippen LogP contribution is -2.14. The number of nitrogens with zero attached hydrogens (tertiary/aromatic N) is 3. The van der Waals surface area contributed by atoms with Gasteiger partial charge in [0.1, 0.15) is 17.2 Å². The third-order valence-corrected chi connectivity index (χ3v) is 2.53. The Hall–Kier alpha value is -1.98. The van der Waals surface area contributed by atoms with Crippen LogP contribution in [0.15, 0.2) is 4.79 Å². The van der Waals surface area contributed by atoms with Crippen LogP contribution in [0.4, 0.5) is 0 Å². The van der Waals surface area contributed by atoms with Gasteiger partial charge in [0.05, 0.1) is 0 Å². The minimum absolute atomic E-state index is 0.233. The summed E-state index contributed by atoms with van der Waals surface area (Å²) in [6, 6.07) is 0. The van der Waals surface area contributed by atoms with E-state index >= 15 is 0 Å². The molecule has 0 radical (unpaired) electrons. The molecule has 2 heterocycles. The summed E-state index contributed by atoms with van der Waals surface area (Å²) in [5, 5.41) is 7.76. The Bertz CT molecular complexity index is 596. The van der Waals surface area contributed by atoms with Gasteiger partial charge in [-0.2, -0.15) is 0 Å². The van der Waals surface area contributed by atoms with Crippen LogP contribution in [0, 0.1) is 13.8 Å². The van der Waals surface area contributed by atoms with Gasteiger partial charge in [-0.15, -0.1) is 10.2 Å². The van der Waals surface area contributed by atoms with Gasteiger partial charge in [0, 0.05) is 11.6 Å². The van der Waals surface area contributed by atoms with Crippen LogP contribution in [0.25, 0.3) is 11.5 Å². The van der Waals surface area contributed by atoms with Crippen LogP contribution in [0.3, 0.4) is 0 Å². The van der Waals surface area contributed by atoms with Crippen molar-refractivity contribution < 1.29 is 0 Å². The van der Waals surface area contributed by atoms with Crippen molar-refractivity contribution >= 4 is 0 Å². The van der Waals surface area contributed by atoms with E-state index in [4.69, 9.17) is 0 Å². The van der Waals surface area contributed by atoms with Crippen molar-refractivity contribution in [3.05, 3.63) is 27.6 Å². The van der Waals surface area contributed by atoms with Crippen molar-refractivity contribution in [3.8, 4) is 11.5 Å². The van der Waals surface area contributed by atoms with E-state index < -0.39 is 0 Å². The molecule has 0 aliphatic rings. The van der Waals surface area contributed by atoms with Gasteiger partial charge >= 0.3 is 0 Å². The summed E-state index contributed by atoms with van der Waals surface area (Å²) in [6.07, 6.45) is 0. The smallest absolute Gasteiger partial charge is 0.272 e. The number of nitrogens with one attached hydrogen (secondary N) is 2. The Morgan fingerprint density at radius 3 is 2.35 bits per heavy atom. The van der Waals surface area contributed by atoms with Crippen molar-refractivity contribution in [3.63, 3.8) is 0 Å². The first-order valence-electron chi connectivity index (χ1n) is 5.49. The zero-order valence-electron chi connectivity index (χ0n) is 10.3. The fraction of sp³-hybridized carbons (Fsp3) is 0.455. The Morgan fingerprint density at radius 1 is 1.12 bits per heavy atom. The molecule has 0 fully saturated rings. The Balaban J connectivity index is 2.52. The Kier molecular flexibility index (Phi) is 2.79. The molecular formula is C11H15N5O. The molecule has 2 aromatic heterocycles. The summed E-state index contributed by atoms with van der Waals surface area (Å²) >= 11 is 0. The summed E-state index contributed by atoms with van der Waals surface area (Å²) in [6.45, 7) is 7.61. The van der Waals surface area contributed by atoms with E-state index in [0.717, 1.165) is 11.5 Å². The highest BCUT2D eigenvalue weighted by molar-refractivity contribution is 5.52. The SMILES string of the molecule is Cc1[nH]c(C(C)C)nc1-c1nnc(C)c(=O)[nH]1. The van der Waals surface area contributed by atoms with Gasteiger partial charge in [0.2, 0.25) is 0 Å². The Morgan fingerprint density at radius 2 is 1.82 bits per heavy atom. The van der Waals surface area contributed by atoms with E-state index in [-0.39, 0.29) is 5.56 Å². The Labute approximate surface area is 98.5 Å². The molecule has 0 saturated heterocycles. The van der Waals surface area contributed by atoms with Gasteiger partial charge in [-0.25, -0.2) is 4.98 Å². The van der Waals surface area contributed by atoms with Crippen molar-refractivity contribution in [2.24, 2.45) is 0 Å². The number of H-pyrrole nitrogens is 2. The van der Waals surface area contributed by atoms with E-state index in [0.29, 0.717) is 23.1 Å². The normalized spacial score (nSPS) is 11.1. The largest absolute Gasteiger partial charge is 0.345 e. The number of imidazole rings is 1. The second-order valence-electron chi connectivity index (χ2n) is 4.34. The van der Waals surface area contributed by atoms with E-state index in [1.165, 1.54) is 0 Å². The monoisotopic (exact) mass is 233 g/mol. The molecule has 2 N–H and O–H groups in total. The molecule has 90 valence electrons.